The van der Waals surface area contributed by atoms with Gasteiger partial charge < -0.3 is 9.84 Å². The van der Waals surface area contributed by atoms with Gasteiger partial charge in [0.1, 0.15) is 5.75 Å². The van der Waals surface area contributed by atoms with Crippen molar-refractivity contribution in [1.82, 2.24) is 0 Å². The van der Waals surface area contributed by atoms with Crippen LogP contribution in [-0.2, 0) is 0 Å². The predicted octanol–water partition coefficient (Wildman–Crippen LogP) is 3.74. The number of ether oxygens (including phenoxy) is 1. The van der Waals surface area contributed by atoms with Gasteiger partial charge >= 0.3 is 9.95 Å². The first kappa shape index (κ1) is 12.7. The Balaban J connectivity index is 2.99. The van der Waals surface area contributed by atoms with E-state index in [2.05, 4.69) is 0 Å². The van der Waals surface area contributed by atoms with E-state index >= 15 is 0 Å². The van der Waals surface area contributed by atoms with Crippen LogP contribution in [0.4, 0.5) is 0 Å². The van der Waals surface area contributed by atoms with Crippen molar-refractivity contribution >= 4 is 52.4 Å². The van der Waals surface area contributed by atoms with Crippen LogP contribution in [0.2, 0.25) is 5.02 Å². The molecule has 0 heterocycles. The molecule has 0 atom stereocenters. The van der Waals surface area contributed by atoms with E-state index in [-0.39, 0.29) is 16.3 Å². The van der Waals surface area contributed by atoms with E-state index in [0.717, 1.165) is 0 Å². The van der Waals surface area contributed by atoms with E-state index < -0.39 is 9.95 Å². The van der Waals surface area contributed by atoms with Crippen molar-refractivity contribution < 1.29 is 14.6 Å². The number of carboxylic acid groups (broad SMARTS) is 1. The summed E-state index contributed by atoms with van der Waals surface area (Å²) < 4.78 is 2.90. The van der Waals surface area contributed by atoms with E-state index in [1.165, 1.54) is 18.2 Å². The van der Waals surface area contributed by atoms with Crippen LogP contribution in [0.15, 0.2) is 18.2 Å². The Morgan fingerprint density at radius 2 is 1.93 bits per heavy atom. The van der Waals surface area contributed by atoms with Crippen LogP contribution in [-0.4, -0.2) is 15.1 Å². The number of aromatic carboxylic acids is 1. The quantitative estimate of drug-likeness (QED) is 0.844. The highest BCUT2D eigenvalue weighted by molar-refractivity contribution is 6.66. The molecule has 3 nitrogen and oxygen atoms in total. The monoisotopic (exact) mass is 288 g/mol. The fourth-order valence-corrected chi connectivity index (χ4v) is 1.31. The number of rotatable bonds is 2. The van der Waals surface area contributed by atoms with Crippen molar-refractivity contribution in [3.8, 4) is 5.75 Å². The third kappa shape index (κ3) is 3.95. The van der Waals surface area contributed by atoms with Gasteiger partial charge in [-0.1, -0.05) is 11.6 Å². The Morgan fingerprint density at radius 3 is 2.33 bits per heavy atom. The summed E-state index contributed by atoms with van der Waals surface area (Å²) in [6, 6.07) is 3.81. The molecule has 0 aliphatic heterocycles. The number of halogens is 4. The number of carboxylic acids is 1. The van der Waals surface area contributed by atoms with E-state index in [9.17, 15) is 4.79 Å². The summed E-state index contributed by atoms with van der Waals surface area (Å²) in [7, 11) is 0. The maximum Gasteiger partial charge on any atom is 0.338 e. The molecule has 1 rings (SSSR count). The average molecular weight is 290 g/mol. The molecule has 0 saturated heterocycles. The third-order valence-corrected chi connectivity index (χ3v) is 1.93. The van der Waals surface area contributed by atoms with Gasteiger partial charge in [0.25, 0.3) is 0 Å². The Bertz CT molecular complexity index is 386. The molecular weight excluding hydrogens is 286 g/mol. The zero-order valence-corrected chi connectivity index (χ0v) is 10.0. The van der Waals surface area contributed by atoms with Crippen molar-refractivity contribution in [3.05, 3.63) is 28.8 Å². The molecular formula is C8H4Cl4O3. The van der Waals surface area contributed by atoms with Gasteiger partial charge in [-0.15, -0.1) is 0 Å². The smallest absolute Gasteiger partial charge is 0.338 e. The molecule has 1 aromatic rings. The molecule has 0 aliphatic rings. The molecule has 0 unspecified atom stereocenters. The van der Waals surface area contributed by atoms with Crippen molar-refractivity contribution in [2.24, 2.45) is 0 Å². The molecule has 0 bridgehead atoms. The second-order valence-corrected chi connectivity index (χ2v) is 5.08. The van der Waals surface area contributed by atoms with Gasteiger partial charge in [0, 0.05) is 0 Å². The van der Waals surface area contributed by atoms with Gasteiger partial charge in [0.05, 0.1) is 10.6 Å². The zero-order valence-electron chi connectivity index (χ0n) is 7.01. The standard InChI is InChI=1S/C8H4Cl4O3/c9-5-3-4(7(13)14)1-2-6(5)15-8(10,11)12/h1-3H,(H,13,14). The minimum atomic E-state index is -1.94. The first-order valence-electron chi connectivity index (χ1n) is 3.58. The lowest BCUT2D eigenvalue weighted by Gasteiger charge is -2.14. The van der Waals surface area contributed by atoms with Crippen LogP contribution in [0, 0.1) is 0 Å². The maximum atomic E-state index is 10.6. The van der Waals surface area contributed by atoms with Crippen molar-refractivity contribution in [3.63, 3.8) is 0 Å². The molecule has 0 fully saturated rings. The van der Waals surface area contributed by atoms with Gasteiger partial charge in [-0.2, -0.15) is 0 Å². The third-order valence-electron chi connectivity index (χ3n) is 1.40. The van der Waals surface area contributed by atoms with Crippen LogP contribution in [0.1, 0.15) is 10.4 Å². The summed E-state index contributed by atoms with van der Waals surface area (Å²) >= 11 is 21.8. The van der Waals surface area contributed by atoms with E-state index in [4.69, 9.17) is 56.2 Å². The topological polar surface area (TPSA) is 46.5 Å². The first-order chi connectivity index (χ1) is 6.79. The van der Waals surface area contributed by atoms with Crippen LogP contribution in [0.3, 0.4) is 0 Å². The van der Waals surface area contributed by atoms with Gasteiger partial charge in [-0.3, -0.25) is 0 Å². The summed E-state index contributed by atoms with van der Waals surface area (Å²) in [6.07, 6.45) is 0. The lowest BCUT2D eigenvalue weighted by atomic mass is 10.2. The normalized spacial score (nSPS) is 11.2. The minimum Gasteiger partial charge on any atom is -0.478 e. The lowest BCUT2D eigenvalue weighted by molar-refractivity contribution is 0.0697. The van der Waals surface area contributed by atoms with E-state index in [1.807, 2.05) is 0 Å². The van der Waals surface area contributed by atoms with Gasteiger partial charge in [-0.25, -0.2) is 4.79 Å². The van der Waals surface area contributed by atoms with Crippen molar-refractivity contribution in [2.45, 2.75) is 3.98 Å². The molecule has 0 spiro atoms. The molecule has 0 saturated carbocycles. The second-order valence-electron chi connectivity index (χ2n) is 2.50. The fraction of sp³-hybridized carbons (Fsp3) is 0.125. The lowest BCUT2D eigenvalue weighted by Crippen LogP contribution is -2.13. The first-order valence-corrected chi connectivity index (χ1v) is 5.09. The number of carbonyl (C=O) groups is 1. The van der Waals surface area contributed by atoms with E-state index in [0.29, 0.717) is 0 Å². The fourth-order valence-electron chi connectivity index (χ4n) is 0.841. The Kier molecular flexibility index (Phi) is 3.95. The van der Waals surface area contributed by atoms with E-state index in [1.54, 1.807) is 0 Å². The zero-order chi connectivity index (χ0) is 11.6. The Morgan fingerprint density at radius 1 is 1.33 bits per heavy atom. The van der Waals surface area contributed by atoms with Gasteiger partial charge in [0.2, 0.25) is 0 Å². The summed E-state index contributed by atoms with van der Waals surface area (Å²) in [5.74, 6) is -1.00. The molecule has 0 aliphatic carbocycles. The summed E-state index contributed by atoms with van der Waals surface area (Å²) in [6.45, 7) is 0. The molecule has 7 heteroatoms. The SMILES string of the molecule is O=C(O)c1ccc(OC(Cl)(Cl)Cl)c(Cl)c1. The molecule has 0 aromatic heterocycles. The van der Waals surface area contributed by atoms with Crippen molar-refractivity contribution in [2.75, 3.05) is 0 Å². The molecule has 1 N–H and O–H groups in total. The molecule has 82 valence electrons. The highest BCUT2D eigenvalue weighted by Crippen LogP contribution is 2.34. The van der Waals surface area contributed by atoms with Crippen LogP contribution in [0.5, 0.6) is 5.75 Å². The van der Waals surface area contributed by atoms with Gasteiger partial charge in [0.15, 0.2) is 0 Å². The molecule has 15 heavy (non-hydrogen) atoms. The van der Waals surface area contributed by atoms with Crippen LogP contribution in [0.25, 0.3) is 0 Å². The number of alkyl halides is 3. The largest absolute Gasteiger partial charge is 0.478 e. The molecule has 0 amide bonds. The van der Waals surface area contributed by atoms with Crippen molar-refractivity contribution in [1.29, 1.82) is 0 Å². The minimum absolute atomic E-state index is 0.0247. The number of hydrogen-bond acceptors (Lipinski definition) is 2. The predicted molar refractivity (Wildman–Crippen MR) is 59.3 cm³/mol. The number of hydrogen-bond donors (Lipinski definition) is 1. The van der Waals surface area contributed by atoms with Gasteiger partial charge in [-0.05, 0) is 53.0 Å². The van der Waals surface area contributed by atoms with Crippen LogP contribution >= 0.6 is 46.4 Å². The molecule has 0 radical (unpaired) electrons. The van der Waals surface area contributed by atoms with Crippen LogP contribution < -0.4 is 4.74 Å². The molecule has 1 aromatic carbocycles. The number of benzene rings is 1. The summed E-state index contributed by atoms with van der Waals surface area (Å²) in [5, 5.41) is 8.71. The highest BCUT2D eigenvalue weighted by Gasteiger charge is 2.23. The highest BCUT2D eigenvalue weighted by atomic mass is 35.6. The summed E-state index contributed by atoms with van der Waals surface area (Å²) in [4.78, 5) is 10.6. The average Bonchev–Trinajstić information content (AvgIpc) is 2.05. The maximum absolute atomic E-state index is 10.6. The Labute approximate surface area is 105 Å². The second kappa shape index (κ2) is 4.66. The Hall–Kier alpha value is -0.350. The summed E-state index contributed by atoms with van der Waals surface area (Å²) in [5.41, 5.74) is 0.0247.